The number of para-hydroxylation sites is 2. The lowest BCUT2D eigenvalue weighted by Gasteiger charge is -2.19. The summed E-state index contributed by atoms with van der Waals surface area (Å²) in [5.41, 5.74) is 0.655. The monoisotopic (exact) mass is 458 g/mol. The first-order valence-electron chi connectivity index (χ1n) is 9.11. The minimum absolute atomic E-state index is 0.0292. The second-order valence-electron chi connectivity index (χ2n) is 6.64. The lowest BCUT2D eigenvalue weighted by atomic mass is 10.2. The van der Waals surface area contributed by atoms with Gasteiger partial charge < -0.3 is 24.1 Å². The standard InChI is InChI=1S/C21H19BrN2O5/c1-24-16-4-2-3-5-17(16)27-12-15(21(24)26)23-20(25)18-10-11-19(29-18)28-14-8-6-13(22)7-9-14/h2-6,8-11,13,15H,7,12H2,1H3,(H,23,25). The third kappa shape index (κ3) is 4.22. The van der Waals surface area contributed by atoms with Crippen molar-refractivity contribution in [2.75, 3.05) is 18.6 Å². The first-order chi connectivity index (χ1) is 14.0. The predicted octanol–water partition coefficient (Wildman–Crippen LogP) is 3.42. The van der Waals surface area contributed by atoms with Crippen molar-refractivity contribution in [1.29, 1.82) is 0 Å². The van der Waals surface area contributed by atoms with Crippen LogP contribution < -0.4 is 19.7 Å². The Morgan fingerprint density at radius 1 is 1.28 bits per heavy atom. The molecule has 2 aliphatic rings. The second kappa shape index (κ2) is 8.16. The Labute approximate surface area is 176 Å². The van der Waals surface area contributed by atoms with Crippen LogP contribution in [0.3, 0.4) is 0 Å². The van der Waals surface area contributed by atoms with E-state index in [0.717, 1.165) is 6.42 Å². The number of alkyl halides is 1. The van der Waals surface area contributed by atoms with Crippen LogP contribution in [0, 0.1) is 0 Å². The third-order valence-electron chi connectivity index (χ3n) is 4.60. The summed E-state index contributed by atoms with van der Waals surface area (Å²) >= 11 is 3.49. The summed E-state index contributed by atoms with van der Waals surface area (Å²) in [6.07, 6.45) is 6.54. The van der Waals surface area contributed by atoms with E-state index >= 15 is 0 Å². The average molecular weight is 459 g/mol. The summed E-state index contributed by atoms with van der Waals surface area (Å²) in [5.74, 6) is 0.702. The van der Waals surface area contributed by atoms with E-state index in [1.165, 1.54) is 11.0 Å². The van der Waals surface area contributed by atoms with Gasteiger partial charge in [0.2, 0.25) is 0 Å². The maximum atomic E-state index is 12.7. The average Bonchev–Trinajstić information content (AvgIpc) is 3.16. The van der Waals surface area contributed by atoms with Crippen LogP contribution in [0.1, 0.15) is 17.0 Å². The molecule has 0 bridgehead atoms. The number of hydrogen-bond donors (Lipinski definition) is 1. The van der Waals surface area contributed by atoms with Crippen LogP contribution in [0.2, 0.25) is 0 Å². The Balaban J connectivity index is 1.42. The Morgan fingerprint density at radius 3 is 2.90 bits per heavy atom. The smallest absolute Gasteiger partial charge is 0.290 e. The fourth-order valence-electron chi connectivity index (χ4n) is 3.05. The molecule has 0 fully saturated rings. The fourth-order valence-corrected chi connectivity index (χ4v) is 3.39. The van der Waals surface area contributed by atoms with Gasteiger partial charge in [-0.1, -0.05) is 34.1 Å². The quantitative estimate of drug-likeness (QED) is 0.709. The lowest BCUT2D eigenvalue weighted by Crippen LogP contribution is -2.49. The van der Waals surface area contributed by atoms with E-state index in [4.69, 9.17) is 13.9 Å². The highest BCUT2D eigenvalue weighted by atomic mass is 79.9. The Morgan fingerprint density at radius 2 is 2.10 bits per heavy atom. The largest absolute Gasteiger partial charge is 0.489 e. The van der Waals surface area contributed by atoms with Crippen molar-refractivity contribution < 1.29 is 23.5 Å². The molecule has 29 heavy (non-hydrogen) atoms. The number of ether oxygens (including phenoxy) is 2. The highest BCUT2D eigenvalue weighted by molar-refractivity contribution is 9.09. The minimum Gasteiger partial charge on any atom is -0.489 e. The molecule has 2 amide bonds. The van der Waals surface area contributed by atoms with Gasteiger partial charge in [0.1, 0.15) is 24.2 Å². The van der Waals surface area contributed by atoms with Gasteiger partial charge in [-0.15, -0.1) is 0 Å². The van der Waals surface area contributed by atoms with Crippen LogP contribution in [0.25, 0.3) is 0 Å². The third-order valence-corrected chi connectivity index (χ3v) is 5.28. The molecule has 1 aromatic carbocycles. The number of nitrogens with one attached hydrogen (secondary N) is 1. The predicted molar refractivity (Wildman–Crippen MR) is 110 cm³/mol. The summed E-state index contributed by atoms with van der Waals surface area (Å²) in [7, 11) is 1.65. The van der Waals surface area contributed by atoms with E-state index in [1.54, 1.807) is 25.2 Å². The molecule has 1 aliphatic carbocycles. The summed E-state index contributed by atoms with van der Waals surface area (Å²) < 4.78 is 16.8. The van der Waals surface area contributed by atoms with Gasteiger partial charge in [-0.3, -0.25) is 9.59 Å². The van der Waals surface area contributed by atoms with Crippen LogP contribution >= 0.6 is 15.9 Å². The summed E-state index contributed by atoms with van der Waals surface area (Å²) in [4.78, 5) is 27.1. The van der Waals surface area contributed by atoms with E-state index in [9.17, 15) is 9.59 Å². The van der Waals surface area contributed by atoms with E-state index < -0.39 is 11.9 Å². The van der Waals surface area contributed by atoms with Gasteiger partial charge >= 0.3 is 0 Å². The van der Waals surface area contributed by atoms with Gasteiger partial charge in [-0.05, 0) is 36.8 Å². The van der Waals surface area contributed by atoms with Crippen LogP contribution in [0.5, 0.6) is 11.7 Å². The lowest BCUT2D eigenvalue weighted by molar-refractivity contribution is -0.120. The molecule has 7 nitrogen and oxygen atoms in total. The highest BCUT2D eigenvalue weighted by Gasteiger charge is 2.31. The minimum atomic E-state index is -0.839. The Hall–Kier alpha value is -3.00. The van der Waals surface area contributed by atoms with Crippen molar-refractivity contribution in [3.05, 3.63) is 66.1 Å². The summed E-state index contributed by atoms with van der Waals surface area (Å²) in [6.45, 7) is 0.0292. The molecule has 4 rings (SSSR count). The molecule has 8 heteroatoms. The van der Waals surface area contributed by atoms with Crippen molar-refractivity contribution in [1.82, 2.24) is 5.32 Å². The van der Waals surface area contributed by atoms with E-state index in [-0.39, 0.29) is 29.0 Å². The number of carbonyl (C=O) groups is 2. The van der Waals surface area contributed by atoms with Gasteiger partial charge in [0, 0.05) is 17.9 Å². The summed E-state index contributed by atoms with van der Waals surface area (Å²) in [6, 6.07) is 9.46. The van der Waals surface area contributed by atoms with E-state index in [0.29, 0.717) is 17.2 Å². The maximum absolute atomic E-state index is 12.7. The van der Waals surface area contributed by atoms with Gasteiger partial charge in [0.15, 0.2) is 5.76 Å². The number of benzene rings is 1. The van der Waals surface area contributed by atoms with Crippen molar-refractivity contribution in [2.24, 2.45) is 0 Å². The van der Waals surface area contributed by atoms with E-state index in [2.05, 4.69) is 21.2 Å². The number of anilines is 1. The van der Waals surface area contributed by atoms with Crippen molar-refractivity contribution in [3.63, 3.8) is 0 Å². The molecule has 2 atom stereocenters. The van der Waals surface area contributed by atoms with Crippen LogP contribution in [0.4, 0.5) is 5.69 Å². The zero-order valence-electron chi connectivity index (χ0n) is 15.6. The first-order valence-corrected chi connectivity index (χ1v) is 10.0. The van der Waals surface area contributed by atoms with E-state index in [1.807, 2.05) is 30.4 Å². The molecule has 0 radical (unpaired) electrons. The molecule has 150 valence electrons. The van der Waals surface area contributed by atoms with Gasteiger partial charge in [0.25, 0.3) is 17.8 Å². The number of furan rings is 1. The van der Waals surface area contributed by atoms with Crippen molar-refractivity contribution >= 4 is 33.4 Å². The number of halogens is 1. The second-order valence-corrected chi connectivity index (χ2v) is 7.82. The molecule has 0 saturated carbocycles. The molecule has 0 saturated heterocycles. The topological polar surface area (TPSA) is 81.0 Å². The number of fused-ring (bicyclic) bond motifs is 1. The normalized spacial score (nSPS) is 21.0. The molecule has 1 aromatic heterocycles. The van der Waals surface area contributed by atoms with Gasteiger partial charge in [-0.2, -0.15) is 0 Å². The molecule has 0 spiro atoms. The van der Waals surface area contributed by atoms with Gasteiger partial charge in [0.05, 0.1) is 5.69 Å². The first kappa shape index (κ1) is 19.3. The molecule has 2 aromatic rings. The number of amides is 2. The van der Waals surface area contributed by atoms with Crippen LogP contribution in [-0.4, -0.2) is 36.3 Å². The molecule has 1 N–H and O–H groups in total. The highest BCUT2D eigenvalue weighted by Crippen LogP contribution is 2.30. The summed E-state index contributed by atoms with van der Waals surface area (Å²) in [5, 5.41) is 2.67. The number of allylic oxidation sites excluding steroid dienone is 3. The number of hydrogen-bond acceptors (Lipinski definition) is 5. The van der Waals surface area contributed by atoms with Crippen LogP contribution in [0.15, 0.2) is 64.8 Å². The molecular formula is C21H19BrN2O5. The molecular weight excluding hydrogens is 440 g/mol. The zero-order valence-corrected chi connectivity index (χ0v) is 17.2. The maximum Gasteiger partial charge on any atom is 0.290 e. The number of nitrogens with zero attached hydrogens (tertiary/aromatic N) is 1. The van der Waals surface area contributed by atoms with Crippen molar-refractivity contribution in [2.45, 2.75) is 17.3 Å². The van der Waals surface area contributed by atoms with Gasteiger partial charge in [-0.25, -0.2) is 0 Å². The SMILES string of the molecule is CN1C(=O)C(NC(=O)c2ccc(OC3=CCC(Br)C=C3)o2)COc2ccccc21. The molecule has 2 unspecified atom stereocenters. The number of carbonyl (C=O) groups excluding carboxylic acids is 2. The number of rotatable bonds is 4. The van der Waals surface area contributed by atoms with Crippen LogP contribution in [-0.2, 0) is 4.79 Å². The zero-order chi connectivity index (χ0) is 20.4. The Kier molecular flexibility index (Phi) is 5.44. The number of likely N-dealkylation sites (N-methyl/N-ethyl adjacent to an activating group) is 1. The Bertz CT molecular complexity index is 996. The molecule has 1 aliphatic heterocycles. The molecule has 2 heterocycles. The fraction of sp³-hybridized carbons (Fsp3) is 0.238. The van der Waals surface area contributed by atoms with Crippen molar-refractivity contribution in [3.8, 4) is 11.7 Å².